The lowest BCUT2D eigenvalue weighted by Gasteiger charge is -2.10. The van der Waals surface area contributed by atoms with Crippen LogP contribution in [0.25, 0.3) is 27.9 Å². The molecule has 4 rings (SSSR count). The third kappa shape index (κ3) is 2.43. The van der Waals surface area contributed by atoms with Crippen LogP contribution in [0.15, 0.2) is 42.6 Å². The molecule has 0 atom stereocenters. The Bertz CT molecular complexity index is 858. The summed E-state index contributed by atoms with van der Waals surface area (Å²) in [6.45, 7) is 2.01. The molecule has 0 amide bonds. The van der Waals surface area contributed by atoms with Gasteiger partial charge in [-0.1, -0.05) is 12.1 Å². The second-order valence-corrected chi connectivity index (χ2v) is 5.98. The van der Waals surface area contributed by atoms with Gasteiger partial charge in [0.05, 0.1) is 5.69 Å². The smallest absolute Gasteiger partial charge is 0.137 e. The average Bonchev–Trinajstić information content (AvgIpc) is 2.99. The molecule has 1 aliphatic carbocycles. The fourth-order valence-electron chi connectivity index (χ4n) is 3.12. The summed E-state index contributed by atoms with van der Waals surface area (Å²) in [5.41, 5.74) is 6.68. The molecule has 1 N–H and O–H groups in total. The Hall–Kier alpha value is -2.42. The number of nitrogens with one attached hydrogen (secondary N) is 1. The summed E-state index contributed by atoms with van der Waals surface area (Å²) >= 11 is 0. The largest absolute Gasteiger partial charge is 0.340 e. The van der Waals surface area contributed by atoms with Crippen LogP contribution in [0, 0.1) is 6.92 Å². The van der Waals surface area contributed by atoms with Crippen molar-refractivity contribution in [3.8, 4) is 11.3 Å². The summed E-state index contributed by atoms with van der Waals surface area (Å²) in [6.07, 6.45) is 9.21. The Kier molecular flexibility index (Phi) is 3.26. The molecule has 0 spiro atoms. The van der Waals surface area contributed by atoms with Crippen molar-refractivity contribution in [1.82, 2.24) is 15.0 Å². The minimum Gasteiger partial charge on any atom is -0.340 e. The number of aryl methyl sites for hydroxylation is 1. The Morgan fingerprint density at radius 3 is 2.91 bits per heavy atom. The maximum absolute atomic E-state index is 4.59. The van der Waals surface area contributed by atoms with Gasteiger partial charge < -0.3 is 4.98 Å². The molecule has 0 saturated heterocycles. The maximum atomic E-state index is 4.59. The molecule has 0 fully saturated rings. The molecule has 0 bridgehead atoms. The van der Waals surface area contributed by atoms with Gasteiger partial charge in [-0.25, -0.2) is 4.98 Å². The van der Waals surface area contributed by atoms with Crippen molar-refractivity contribution in [2.45, 2.75) is 32.6 Å². The molecule has 0 unspecified atom stereocenters. The van der Waals surface area contributed by atoms with Crippen molar-refractivity contribution in [2.75, 3.05) is 0 Å². The fourth-order valence-corrected chi connectivity index (χ4v) is 3.12. The number of hydrogen-bond acceptors (Lipinski definition) is 2. The van der Waals surface area contributed by atoms with Gasteiger partial charge in [-0.2, -0.15) is 0 Å². The van der Waals surface area contributed by atoms with Crippen molar-refractivity contribution in [1.29, 1.82) is 0 Å². The lowest BCUT2D eigenvalue weighted by atomic mass is 9.97. The topological polar surface area (TPSA) is 41.6 Å². The molecule has 0 saturated carbocycles. The van der Waals surface area contributed by atoms with Crippen LogP contribution in [0.2, 0.25) is 0 Å². The van der Waals surface area contributed by atoms with E-state index >= 15 is 0 Å². The molecule has 0 aliphatic heterocycles. The van der Waals surface area contributed by atoms with E-state index in [0.717, 1.165) is 28.0 Å². The zero-order chi connectivity index (χ0) is 14.9. The van der Waals surface area contributed by atoms with E-state index in [1.54, 1.807) is 0 Å². The molecule has 1 aliphatic rings. The number of H-pyrrole nitrogens is 1. The average molecular weight is 289 g/mol. The van der Waals surface area contributed by atoms with E-state index in [9.17, 15) is 0 Å². The molecule has 0 aromatic carbocycles. The number of nitrogens with zero attached hydrogens (tertiary/aromatic N) is 2. The highest BCUT2D eigenvalue weighted by Crippen LogP contribution is 2.29. The van der Waals surface area contributed by atoms with Crippen LogP contribution in [-0.2, 0) is 0 Å². The number of aromatic nitrogens is 3. The Morgan fingerprint density at radius 2 is 2.09 bits per heavy atom. The van der Waals surface area contributed by atoms with Crippen molar-refractivity contribution >= 4 is 16.6 Å². The molecular weight excluding hydrogens is 270 g/mol. The summed E-state index contributed by atoms with van der Waals surface area (Å²) in [7, 11) is 0. The number of fused-ring (bicyclic) bond motifs is 1. The number of allylic oxidation sites excluding steroid dienone is 2. The van der Waals surface area contributed by atoms with Crippen LogP contribution in [0.1, 0.15) is 37.1 Å². The quantitative estimate of drug-likeness (QED) is 0.729. The van der Waals surface area contributed by atoms with Gasteiger partial charge in [0.25, 0.3) is 0 Å². The van der Waals surface area contributed by atoms with Gasteiger partial charge in [0, 0.05) is 28.5 Å². The zero-order valence-corrected chi connectivity index (χ0v) is 12.8. The molecule has 3 aromatic heterocycles. The molecular formula is C19H19N3. The van der Waals surface area contributed by atoms with Crippen molar-refractivity contribution in [3.05, 3.63) is 54.0 Å². The first-order valence-corrected chi connectivity index (χ1v) is 7.92. The number of rotatable bonds is 2. The summed E-state index contributed by atoms with van der Waals surface area (Å²) < 4.78 is 0. The van der Waals surface area contributed by atoms with Crippen molar-refractivity contribution in [3.63, 3.8) is 0 Å². The first kappa shape index (κ1) is 13.3. The Morgan fingerprint density at radius 1 is 1.14 bits per heavy atom. The van der Waals surface area contributed by atoms with Crippen LogP contribution >= 0.6 is 0 Å². The first-order valence-electron chi connectivity index (χ1n) is 7.92. The third-order valence-electron chi connectivity index (χ3n) is 4.29. The normalized spacial score (nSPS) is 15.0. The minimum absolute atomic E-state index is 0.956. The van der Waals surface area contributed by atoms with E-state index in [2.05, 4.69) is 33.2 Å². The second-order valence-electron chi connectivity index (χ2n) is 5.98. The van der Waals surface area contributed by atoms with Crippen molar-refractivity contribution < 1.29 is 0 Å². The number of aromatic amines is 1. The minimum atomic E-state index is 0.956. The third-order valence-corrected chi connectivity index (χ3v) is 4.29. The van der Waals surface area contributed by atoms with Crippen LogP contribution in [0.3, 0.4) is 0 Å². The lowest BCUT2D eigenvalue weighted by Crippen LogP contribution is -1.91. The Labute approximate surface area is 130 Å². The monoisotopic (exact) mass is 289 g/mol. The summed E-state index contributed by atoms with van der Waals surface area (Å²) in [4.78, 5) is 12.6. The SMILES string of the molecule is Cc1cccc(-c2cnc3[nH]c(C4=CCCCC4)cc3c2)n1. The molecule has 3 aromatic rings. The molecule has 3 heteroatoms. The predicted octanol–water partition coefficient (Wildman–Crippen LogP) is 4.89. The van der Waals surface area contributed by atoms with E-state index in [1.165, 1.54) is 37.0 Å². The molecule has 3 heterocycles. The van der Waals surface area contributed by atoms with Gasteiger partial charge in [-0.05, 0) is 62.4 Å². The molecule has 22 heavy (non-hydrogen) atoms. The van der Waals surface area contributed by atoms with E-state index in [4.69, 9.17) is 0 Å². The number of hydrogen-bond donors (Lipinski definition) is 1. The summed E-state index contributed by atoms with van der Waals surface area (Å²) in [5.74, 6) is 0. The van der Waals surface area contributed by atoms with Gasteiger partial charge >= 0.3 is 0 Å². The van der Waals surface area contributed by atoms with Gasteiger partial charge in [0.2, 0.25) is 0 Å². The van der Waals surface area contributed by atoms with Crippen molar-refractivity contribution in [2.24, 2.45) is 0 Å². The molecule has 0 radical (unpaired) electrons. The highest BCUT2D eigenvalue weighted by Gasteiger charge is 2.11. The van der Waals surface area contributed by atoms with Gasteiger partial charge in [-0.3, -0.25) is 4.98 Å². The van der Waals surface area contributed by atoms with Gasteiger partial charge in [0.15, 0.2) is 0 Å². The highest BCUT2D eigenvalue weighted by molar-refractivity contribution is 5.85. The molecule has 110 valence electrons. The van der Waals surface area contributed by atoms with E-state index in [-0.39, 0.29) is 0 Å². The fraction of sp³-hybridized carbons (Fsp3) is 0.263. The van der Waals surface area contributed by atoms with Gasteiger partial charge in [0.1, 0.15) is 5.65 Å². The zero-order valence-electron chi connectivity index (χ0n) is 12.8. The Balaban J connectivity index is 1.76. The van der Waals surface area contributed by atoms with E-state index < -0.39 is 0 Å². The summed E-state index contributed by atoms with van der Waals surface area (Å²) in [5, 5.41) is 1.15. The predicted molar refractivity (Wildman–Crippen MR) is 90.5 cm³/mol. The van der Waals surface area contributed by atoms with Crippen LogP contribution < -0.4 is 0 Å². The maximum Gasteiger partial charge on any atom is 0.137 e. The lowest BCUT2D eigenvalue weighted by molar-refractivity contribution is 0.740. The van der Waals surface area contributed by atoms with Gasteiger partial charge in [-0.15, -0.1) is 0 Å². The van der Waals surface area contributed by atoms with Crippen LogP contribution in [0.5, 0.6) is 0 Å². The van der Waals surface area contributed by atoms with E-state index in [1.807, 2.05) is 31.3 Å². The highest BCUT2D eigenvalue weighted by atomic mass is 14.9. The molecule has 3 nitrogen and oxygen atoms in total. The number of pyridine rings is 2. The van der Waals surface area contributed by atoms with Crippen LogP contribution in [0.4, 0.5) is 0 Å². The van der Waals surface area contributed by atoms with Crippen LogP contribution in [-0.4, -0.2) is 15.0 Å². The summed E-state index contributed by atoms with van der Waals surface area (Å²) in [6, 6.07) is 10.5. The first-order chi connectivity index (χ1) is 10.8. The standard InChI is InChI=1S/C19H19N3/c1-13-6-5-9-17(21-13)16-10-15-11-18(22-19(15)20-12-16)14-7-3-2-4-8-14/h5-7,9-12H,2-4,8H2,1H3,(H,20,22). The second kappa shape index (κ2) is 5.41. The van der Waals surface area contributed by atoms with E-state index in [0.29, 0.717) is 0 Å².